The van der Waals surface area contributed by atoms with Crippen LogP contribution in [0.1, 0.15) is 5.69 Å². The van der Waals surface area contributed by atoms with Gasteiger partial charge in [0.25, 0.3) is 4.59 Å². The molecule has 66 valence electrons. The number of halogens is 5. The monoisotopic (exact) mass is 247 g/mol. The molecule has 0 aliphatic heterocycles. The molecule has 0 aromatic carbocycles. The largest absolute Gasteiger partial charge is 0.300 e. The number of pyridine rings is 1. The number of aromatic nitrogens is 1. The molecular weight excluding hydrogens is 247 g/mol. The van der Waals surface area contributed by atoms with Crippen molar-refractivity contribution in [3.8, 4) is 0 Å². The number of nitrogens with zero attached hydrogens (tertiary/aromatic N) is 1. The van der Waals surface area contributed by atoms with E-state index in [0.717, 1.165) is 0 Å². The second-order valence-corrected chi connectivity index (χ2v) is 4.05. The SMILES string of the molecule is FC(Cl)(Cl)c1cc(Cl)cc(Cl)n1. The molecule has 1 aromatic rings. The predicted octanol–water partition coefficient (Wildman–Crippen LogP) is 3.95. The Kier molecular flexibility index (Phi) is 3.05. The van der Waals surface area contributed by atoms with Crippen molar-refractivity contribution in [3.63, 3.8) is 0 Å². The van der Waals surface area contributed by atoms with Gasteiger partial charge in [0.1, 0.15) is 10.8 Å². The summed E-state index contributed by atoms with van der Waals surface area (Å²) in [4.78, 5) is 3.55. The zero-order chi connectivity index (χ0) is 9.35. The lowest BCUT2D eigenvalue weighted by molar-refractivity contribution is 0.396. The lowest BCUT2D eigenvalue weighted by Crippen LogP contribution is -2.04. The van der Waals surface area contributed by atoms with Crippen LogP contribution in [0.5, 0.6) is 0 Å². The zero-order valence-electron chi connectivity index (χ0n) is 5.49. The molecule has 1 aromatic heterocycles. The van der Waals surface area contributed by atoms with Crippen molar-refractivity contribution in [1.82, 2.24) is 4.98 Å². The van der Waals surface area contributed by atoms with Crippen molar-refractivity contribution in [3.05, 3.63) is 28.0 Å². The van der Waals surface area contributed by atoms with Crippen molar-refractivity contribution >= 4 is 46.4 Å². The minimum Gasteiger partial charge on any atom is -0.235 e. The van der Waals surface area contributed by atoms with Gasteiger partial charge in [-0.25, -0.2) is 9.37 Å². The van der Waals surface area contributed by atoms with Crippen molar-refractivity contribution in [2.75, 3.05) is 0 Å². The Morgan fingerprint density at radius 1 is 1.25 bits per heavy atom. The smallest absolute Gasteiger partial charge is 0.235 e. The summed E-state index contributed by atoms with van der Waals surface area (Å²) in [6.45, 7) is 0. The third kappa shape index (κ3) is 2.63. The first-order valence-electron chi connectivity index (χ1n) is 2.80. The van der Waals surface area contributed by atoms with Gasteiger partial charge in [0.15, 0.2) is 0 Å². The Hall–Kier alpha value is 0.240. The molecule has 0 amide bonds. The number of hydrogen-bond acceptors (Lipinski definition) is 1. The average molecular weight is 249 g/mol. The van der Waals surface area contributed by atoms with Crippen LogP contribution < -0.4 is 0 Å². The van der Waals surface area contributed by atoms with Crippen LogP contribution in [0.25, 0.3) is 0 Å². The van der Waals surface area contributed by atoms with Crippen molar-refractivity contribution in [2.24, 2.45) is 0 Å². The highest BCUT2D eigenvalue weighted by molar-refractivity contribution is 6.46. The van der Waals surface area contributed by atoms with E-state index in [1.165, 1.54) is 12.1 Å². The minimum atomic E-state index is -2.56. The summed E-state index contributed by atoms with van der Waals surface area (Å²) in [6.07, 6.45) is 0. The Morgan fingerprint density at radius 2 is 1.83 bits per heavy atom. The van der Waals surface area contributed by atoms with E-state index in [0.29, 0.717) is 0 Å². The van der Waals surface area contributed by atoms with Crippen LogP contribution in [0.3, 0.4) is 0 Å². The van der Waals surface area contributed by atoms with E-state index in [-0.39, 0.29) is 15.9 Å². The summed E-state index contributed by atoms with van der Waals surface area (Å²) in [5.41, 5.74) is -0.219. The first-order chi connectivity index (χ1) is 5.39. The summed E-state index contributed by atoms with van der Waals surface area (Å²) in [5, 5.41) is 0.272. The molecule has 0 aliphatic carbocycles. The third-order valence-electron chi connectivity index (χ3n) is 1.05. The average Bonchev–Trinajstić information content (AvgIpc) is 1.82. The first kappa shape index (κ1) is 10.3. The maximum absolute atomic E-state index is 12.8. The highest BCUT2D eigenvalue weighted by Gasteiger charge is 2.27. The van der Waals surface area contributed by atoms with E-state index in [9.17, 15) is 4.39 Å². The highest BCUT2D eigenvalue weighted by atomic mass is 35.5. The molecule has 0 saturated carbocycles. The quantitative estimate of drug-likeness (QED) is 0.542. The molecule has 1 nitrogen and oxygen atoms in total. The number of rotatable bonds is 1. The van der Waals surface area contributed by atoms with Gasteiger partial charge >= 0.3 is 0 Å². The van der Waals surface area contributed by atoms with E-state index in [1.54, 1.807) is 0 Å². The van der Waals surface area contributed by atoms with Crippen LogP contribution in [0, 0.1) is 0 Å². The summed E-state index contributed by atoms with van der Waals surface area (Å²) in [6, 6.07) is 2.56. The lowest BCUT2D eigenvalue weighted by Gasteiger charge is -2.08. The molecule has 0 unspecified atom stereocenters. The van der Waals surface area contributed by atoms with Crippen LogP contribution in [-0.2, 0) is 4.59 Å². The molecule has 0 aliphatic rings. The van der Waals surface area contributed by atoms with Crippen molar-refractivity contribution in [2.45, 2.75) is 4.59 Å². The summed E-state index contributed by atoms with van der Waals surface area (Å²) < 4.78 is 10.3. The Balaban J connectivity index is 3.18. The van der Waals surface area contributed by atoms with Gasteiger partial charge in [-0.2, -0.15) is 0 Å². The van der Waals surface area contributed by atoms with Gasteiger partial charge < -0.3 is 0 Å². The van der Waals surface area contributed by atoms with Crippen molar-refractivity contribution in [1.29, 1.82) is 0 Å². The molecule has 6 heteroatoms. The normalized spacial score (nSPS) is 11.8. The molecule has 1 rings (SSSR count). The predicted molar refractivity (Wildman–Crippen MR) is 48.7 cm³/mol. The van der Waals surface area contributed by atoms with Crippen molar-refractivity contribution < 1.29 is 4.39 Å². The maximum atomic E-state index is 12.8. The molecule has 1 heterocycles. The van der Waals surface area contributed by atoms with Crippen LogP contribution in [0.2, 0.25) is 10.2 Å². The second-order valence-electron chi connectivity index (χ2n) is 1.99. The fourth-order valence-corrected chi connectivity index (χ4v) is 1.28. The van der Waals surface area contributed by atoms with E-state index >= 15 is 0 Å². The maximum Gasteiger partial charge on any atom is 0.300 e. The standard InChI is InChI=1S/C6H2Cl4FN/c7-3-1-4(6(9,10)11)12-5(8)2-3/h1-2H. The van der Waals surface area contributed by atoms with Gasteiger partial charge in [0, 0.05) is 5.02 Å². The topological polar surface area (TPSA) is 12.9 Å². The fraction of sp³-hybridized carbons (Fsp3) is 0.167. The fourth-order valence-electron chi connectivity index (χ4n) is 0.611. The molecule has 0 bridgehead atoms. The number of hydrogen-bond donors (Lipinski definition) is 0. The van der Waals surface area contributed by atoms with Crippen LogP contribution in [0.15, 0.2) is 12.1 Å². The van der Waals surface area contributed by atoms with Crippen LogP contribution in [0.4, 0.5) is 4.39 Å². The van der Waals surface area contributed by atoms with E-state index in [2.05, 4.69) is 4.98 Å². The molecule has 0 saturated heterocycles. The molecular formula is C6H2Cl4FN. The van der Waals surface area contributed by atoms with Gasteiger partial charge in [-0.1, -0.05) is 46.4 Å². The lowest BCUT2D eigenvalue weighted by atomic mass is 10.4. The zero-order valence-corrected chi connectivity index (χ0v) is 8.52. The minimum absolute atomic E-state index is 0.0424. The van der Waals surface area contributed by atoms with E-state index in [4.69, 9.17) is 46.4 Å². The van der Waals surface area contributed by atoms with E-state index < -0.39 is 4.59 Å². The molecule has 0 atom stereocenters. The Labute approximate surface area is 88.4 Å². The van der Waals surface area contributed by atoms with Gasteiger partial charge in [-0.3, -0.25) is 0 Å². The molecule has 0 radical (unpaired) electrons. The van der Waals surface area contributed by atoms with Gasteiger partial charge in [-0.05, 0) is 12.1 Å². The number of alkyl halides is 3. The Morgan fingerprint density at radius 3 is 2.25 bits per heavy atom. The molecule has 12 heavy (non-hydrogen) atoms. The van der Waals surface area contributed by atoms with Gasteiger partial charge in [-0.15, -0.1) is 0 Å². The Bertz CT molecular complexity index is 276. The molecule has 0 fully saturated rings. The van der Waals surface area contributed by atoms with Crippen LogP contribution >= 0.6 is 46.4 Å². The van der Waals surface area contributed by atoms with E-state index in [1.807, 2.05) is 0 Å². The van der Waals surface area contributed by atoms with Crippen LogP contribution in [-0.4, -0.2) is 4.98 Å². The third-order valence-corrected chi connectivity index (χ3v) is 1.85. The molecule has 0 spiro atoms. The van der Waals surface area contributed by atoms with Gasteiger partial charge in [0.05, 0.1) is 0 Å². The van der Waals surface area contributed by atoms with Gasteiger partial charge in [0.2, 0.25) is 0 Å². The highest BCUT2D eigenvalue weighted by Crippen LogP contribution is 2.35. The second kappa shape index (κ2) is 3.54. The summed E-state index contributed by atoms with van der Waals surface area (Å²) >= 11 is 21.3. The summed E-state index contributed by atoms with van der Waals surface area (Å²) in [7, 11) is 0. The summed E-state index contributed by atoms with van der Waals surface area (Å²) in [5.74, 6) is 0. The molecule has 0 N–H and O–H groups in total. The first-order valence-corrected chi connectivity index (χ1v) is 4.31.